The van der Waals surface area contributed by atoms with Crippen molar-refractivity contribution >= 4 is 47.3 Å². The maximum atomic E-state index is 12.7. The first kappa shape index (κ1) is 43.6. The topological polar surface area (TPSA) is 199 Å². The quantitative estimate of drug-likeness (QED) is 0.152. The van der Waals surface area contributed by atoms with Crippen LogP contribution >= 0.6 is 23.2 Å². The average Bonchev–Trinajstić information content (AvgIpc) is 3.94. The third kappa shape index (κ3) is 13.5. The summed E-state index contributed by atoms with van der Waals surface area (Å²) in [5.41, 5.74) is 8.55. The Balaban J connectivity index is 0.000000211. The Kier molecular flexibility index (Phi) is 17.2. The minimum Gasteiger partial charge on any atom is -0.480 e. The number of hydrogen-bond donors (Lipinski definition) is 3. The van der Waals surface area contributed by atoms with Crippen LogP contribution in [0, 0.1) is 22.7 Å². The molecule has 6 rings (SSSR count). The molecule has 0 bridgehead atoms. The molecule has 4 aromatic carbocycles. The van der Waals surface area contributed by atoms with Crippen LogP contribution in [0.3, 0.4) is 0 Å². The van der Waals surface area contributed by atoms with Gasteiger partial charge < -0.3 is 25.6 Å². The highest BCUT2D eigenvalue weighted by Crippen LogP contribution is 2.23. The Morgan fingerprint density at radius 1 is 0.719 bits per heavy atom. The lowest BCUT2D eigenvalue weighted by Crippen LogP contribution is -2.46. The summed E-state index contributed by atoms with van der Waals surface area (Å²) < 4.78 is 10.5. The number of nitrogens with zero attached hydrogens (tertiary/aromatic N) is 4. The smallest absolute Gasteiger partial charge is 0.410 e. The molecule has 2 saturated heterocycles. The molecule has 0 saturated carbocycles. The summed E-state index contributed by atoms with van der Waals surface area (Å²) in [4.78, 5) is 50.6. The number of ether oxygens (including phenoxy) is 2. The summed E-state index contributed by atoms with van der Waals surface area (Å²) in [6, 6.07) is 33.6. The number of benzene rings is 4. The van der Waals surface area contributed by atoms with Crippen molar-refractivity contribution in [1.29, 1.82) is 10.5 Å². The molecule has 4 atom stereocenters. The molecule has 0 aliphatic carbocycles. The highest BCUT2D eigenvalue weighted by atomic mass is 35.5. The summed E-state index contributed by atoms with van der Waals surface area (Å²) in [6.45, 7) is 1.21. The fourth-order valence-electron chi connectivity index (χ4n) is 5.99. The van der Waals surface area contributed by atoms with E-state index in [0.717, 1.165) is 16.7 Å². The lowest BCUT2D eigenvalue weighted by Gasteiger charge is -2.24. The SMILES string of the molecule is N#CC(N)c1cccc(Cl)c1.N#CC(NC(=O)[C@@H]1CCCN1C(=O)OCc1ccccc1)c1cccc(Cl)c1.O=C(O)[C@@H]1CCCN1C(=O)OCc1ccccc1. The zero-order chi connectivity index (χ0) is 41.2. The number of rotatable bonds is 9. The Bertz CT molecular complexity index is 2040. The van der Waals surface area contributed by atoms with Crippen LogP contribution in [0.2, 0.25) is 10.0 Å². The molecule has 2 aliphatic heterocycles. The van der Waals surface area contributed by atoms with Gasteiger partial charge in [-0.1, -0.05) is 108 Å². The van der Waals surface area contributed by atoms with E-state index in [2.05, 4.69) is 11.4 Å². The van der Waals surface area contributed by atoms with Gasteiger partial charge in [0.2, 0.25) is 5.91 Å². The average molecular weight is 814 g/mol. The van der Waals surface area contributed by atoms with Crippen LogP contribution < -0.4 is 11.1 Å². The highest BCUT2D eigenvalue weighted by Gasteiger charge is 2.36. The van der Waals surface area contributed by atoms with Crippen molar-refractivity contribution < 1.29 is 33.8 Å². The number of nitriles is 2. The summed E-state index contributed by atoms with van der Waals surface area (Å²) in [7, 11) is 0. The van der Waals surface area contributed by atoms with Crippen molar-refractivity contribution in [3.63, 3.8) is 0 Å². The van der Waals surface area contributed by atoms with Gasteiger partial charge in [-0.15, -0.1) is 0 Å². The number of amides is 3. The Morgan fingerprint density at radius 2 is 1.19 bits per heavy atom. The van der Waals surface area contributed by atoms with E-state index in [0.29, 0.717) is 54.4 Å². The van der Waals surface area contributed by atoms with Gasteiger partial charge in [0.05, 0.1) is 12.1 Å². The molecule has 3 amide bonds. The minimum absolute atomic E-state index is 0.147. The van der Waals surface area contributed by atoms with Crippen molar-refractivity contribution in [2.45, 2.75) is 63.1 Å². The predicted octanol–water partition coefficient (Wildman–Crippen LogP) is 7.56. The van der Waals surface area contributed by atoms with Crippen LogP contribution in [0.1, 0.15) is 60.0 Å². The van der Waals surface area contributed by atoms with Gasteiger partial charge in [0.1, 0.15) is 37.4 Å². The van der Waals surface area contributed by atoms with E-state index < -0.39 is 42.3 Å². The van der Waals surface area contributed by atoms with E-state index in [9.17, 15) is 24.4 Å². The van der Waals surface area contributed by atoms with Crippen LogP contribution in [0.4, 0.5) is 9.59 Å². The molecule has 2 fully saturated rings. The van der Waals surface area contributed by atoms with Crippen molar-refractivity contribution in [3.05, 3.63) is 141 Å². The fraction of sp³-hybridized carbons (Fsp3) is 0.286. The van der Waals surface area contributed by atoms with Crippen LogP contribution in [-0.4, -0.2) is 64.1 Å². The first-order valence-electron chi connectivity index (χ1n) is 18.0. The number of nitrogens with one attached hydrogen (secondary N) is 1. The molecule has 2 unspecified atom stereocenters. The maximum absolute atomic E-state index is 12.7. The molecule has 13 nitrogen and oxygen atoms in total. The number of hydrogen-bond acceptors (Lipinski definition) is 9. The highest BCUT2D eigenvalue weighted by molar-refractivity contribution is 6.30. The van der Waals surface area contributed by atoms with E-state index in [-0.39, 0.29) is 19.1 Å². The number of likely N-dealkylation sites (tertiary alicyclic amines) is 2. The number of carbonyl (C=O) groups excluding carboxylic acids is 3. The number of carboxylic acid groups (broad SMARTS) is 1. The number of aliphatic carboxylic acids is 1. The molecular formula is C42H42Cl2N6O7. The molecule has 2 aliphatic rings. The second-order valence-electron chi connectivity index (χ2n) is 12.9. The molecule has 57 heavy (non-hydrogen) atoms. The summed E-state index contributed by atoms with van der Waals surface area (Å²) in [6.07, 6.45) is 1.35. The van der Waals surface area contributed by atoms with E-state index in [1.165, 1.54) is 9.80 Å². The molecule has 296 valence electrons. The van der Waals surface area contributed by atoms with Gasteiger partial charge in [-0.05, 0) is 72.2 Å². The third-order valence-corrected chi connectivity index (χ3v) is 9.39. The molecular weight excluding hydrogens is 771 g/mol. The number of carboxylic acids is 1. The van der Waals surface area contributed by atoms with Gasteiger partial charge in [0.25, 0.3) is 0 Å². The molecule has 4 aromatic rings. The Labute approximate surface area is 341 Å². The van der Waals surface area contributed by atoms with E-state index in [1.807, 2.05) is 66.7 Å². The summed E-state index contributed by atoms with van der Waals surface area (Å²) in [5.74, 6) is -1.34. The second-order valence-corrected chi connectivity index (χ2v) is 13.8. The monoisotopic (exact) mass is 812 g/mol. The molecule has 0 spiro atoms. The first-order chi connectivity index (χ1) is 27.5. The van der Waals surface area contributed by atoms with Crippen molar-refractivity contribution in [1.82, 2.24) is 15.1 Å². The molecule has 15 heteroatoms. The first-order valence-corrected chi connectivity index (χ1v) is 18.8. The number of carbonyl (C=O) groups is 4. The predicted molar refractivity (Wildman–Crippen MR) is 212 cm³/mol. The summed E-state index contributed by atoms with van der Waals surface area (Å²) >= 11 is 11.6. The zero-order valence-electron chi connectivity index (χ0n) is 30.9. The molecule has 4 N–H and O–H groups in total. The molecule has 0 radical (unpaired) electrons. The number of nitrogens with two attached hydrogens (primary N) is 1. The Hall–Kier alpha value is -6.12. The minimum atomic E-state index is -0.968. The van der Waals surface area contributed by atoms with Crippen molar-refractivity contribution in [2.24, 2.45) is 5.73 Å². The lowest BCUT2D eigenvalue weighted by atomic mass is 10.1. The fourth-order valence-corrected chi connectivity index (χ4v) is 6.39. The van der Waals surface area contributed by atoms with E-state index in [1.54, 1.807) is 48.5 Å². The largest absolute Gasteiger partial charge is 0.480 e. The van der Waals surface area contributed by atoms with Crippen LogP contribution in [0.5, 0.6) is 0 Å². The van der Waals surface area contributed by atoms with Gasteiger partial charge in [-0.25, -0.2) is 14.4 Å². The van der Waals surface area contributed by atoms with E-state index in [4.69, 9.17) is 48.8 Å². The molecule has 2 heterocycles. The molecule has 0 aromatic heterocycles. The van der Waals surface area contributed by atoms with Crippen LogP contribution in [-0.2, 0) is 32.3 Å². The number of halogens is 2. The van der Waals surface area contributed by atoms with Gasteiger partial charge in [-0.2, -0.15) is 10.5 Å². The maximum Gasteiger partial charge on any atom is 0.410 e. The third-order valence-electron chi connectivity index (χ3n) is 8.92. The lowest BCUT2D eigenvalue weighted by molar-refractivity contribution is -0.141. The van der Waals surface area contributed by atoms with Crippen molar-refractivity contribution in [3.8, 4) is 12.1 Å². The normalized spacial score (nSPS) is 16.5. The van der Waals surface area contributed by atoms with Crippen molar-refractivity contribution in [2.75, 3.05) is 13.1 Å². The second kappa shape index (κ2) is 22.4. The zero-order valence-corrected chi connectivity index (χ0v) is 32.4. The Morgan fingerprint density at radius 3 is 1.67 bits per heavy atom. The standard InChI is InChI=1S/C21H20ClN3O3.C13H15NO4.C8H7ClN2/c22-17-9-4-8-16(12-17)18(13-23)24-20(26)19-10-5-11-25(19)21(27)28-14-15-6-2-1-3-7-15;15-12(16)11-7-4-8-14(11)13(17)18-9-10-5-2-1-3-6-10;9-7-3-1-2-6(4-7)8(11)5-10/h1-4,6-9,12,18-19H,5,10-11,14H2,(H,24,26);1-3,5-6,11H,4,7-9H2,(H,15,16);1-4,8H,11H2/t18?,19-;11-;/m00./s1. The van der Waals surface area contributed by atoms with Gasteiger partial charge in [0, 0.05) is 23.1 Å². The van der Waals surface area contributed by atoms with Crippen LogP contribution in [0.25, 0.3) is 0 Å². The van der Waals surface area contributed by atoms with Gasteiger partial charge in [-0.3, -0.25) is 14.6 Å². The van der Waals surface area contributed by atoms with Gasteiger partial charge >= 0.3 is 18.2 Å². The summed E-state index contributed by atoms with van der Waals surface area (Å²) in [5, 5.41) is 30.7. The van der Waals surface area contributed by atoms with Crippen LogP contribution in [0.15, 0.2) is 109 Å². The van der Waals surface area contributed by atoms with E-state index >= 15 is 0 Å². The van der Waals surface area contributed by atoms with Gasteiger partial charge in [0.15, 0.2) is 0 Å².